The predicted octanol–water partition coefficient (Wildman–Crippen LogP) is 0.133. The lowest BCUT2D eigenvalue weighted by atomic mass is 10.1. The van der Waals surface area contributed by atoms with Gasteiger partial charge in [-0.15, -0.1) is 0 Å². The van der Waals surface area contributed by atoms with Crippen molar-refractivity contribution >= 4 is 24.0 Å². The first-order valence-corrected chi connectivity index (χ1v) is 7.43. The summed E-state index contributed by atoms with van der Waals surface area (Å²) < 4.78 is 0. The number of H-pyrrole nitrogens is 1. The van der Waals surface area contributed by atoms with Crippen molar-refractivity contribution in [1.82, 2.24) is 20.2 Å². The highest BCUT2D eigenvalue weighted by Gasteiger charge is 2.22. The van der Waals surface area contributed by atoms with E-state index < -0.39 is 0 Å². The van der Waals surface area contributed by atoms with Crippen molar-refractivity contribution in [3.05, 3.63) is 29.7 Å². The lowest BCUT2D eigenvalue weighted by Crippen LogP contribution is -2.48. The number of imidazole rings is 1. The molecule has 1 amide bonds. The van der Waals surface area contributed by atoms with E-state index in [0.717, 1.165) is 30.4 Å². The van der Waals surface area contributed by atoms with Gasteiger partial charge in [-0.3, -0.25) is 4.79 Å². The van der Waals surface area contributed by atoms with Gasteiger partial charge < -0.3 is 15.2 Å². The number of amides is 1. The van der Waals surface area contributed by atoms with Gasteiger partial charge in [-0.2, -0.15) is 0 Å². The van der Waals surface area contributed by atoms with Crippen LogP contribution in [0.5, 0.6) is 0 Å². The highest BCUT2D eigenvalue weighted by atomic mass is 16.2. The first-order chi connectivity index (χ1) is 10.5. The number of carbonyl (C=O) groups excluding carboxylic acids is 1. The quantitative estimate of drug-likeness (QED) is 0.613. The SMILES string of the molecule is C=CC(=O)N1CCC[C@H](N/C(N=C(C)C)=c2\nc[nH]c2=C)C1. The predicted molar refractivity (Wildman–Crippen MR) is 88.5 cm³/mol. The van der Waals surface area contributed by atoms with Crippen LogP contribution in [0.3, 0.4) is 0 Å². The van der Waals surface area contributed by atoms with Crippen LogP contribution in [-0.2, 0) is 4.79 Å². The van der Waals surface area contributed by atoms with Gasteiger partial charge >= 0.3 is 0 Å². The summed E-state index contributed by atoms with van der Waals surface area (Å²) in [6.07, 6.45) is 4.91. The average Bonchev–Trinajstić information content (AvgIpc) is 2.91. The highest BCUT2D eigenvalue weighted by Crippen LogP contribution is 2.12. The number of aromatic nitrogens is 2. The molecule has 1 saturated heterocycles. The van der Waals surface area contributed by atoms with Gasteiger partial charge in [-0.1, -0.05) is 13.2 Å². The number of aromatic amines is 1. The molecule has 1 atom stereocenters. The van der Waals surface area contributed by atoms with Crippen LogP contribution in [0.25, 0.3) is 12.4 Å². The largest absolute Gasteiger partial charge is 0.364 e. The molecule has 0 spiro atoms. The summed E-state index contributed by atoms with van der Waals surface area (Å²) in [5.41, 5.74) is 0.930. The number of hydrogen-bond donors (Lipinski definition) is 2. The molecule has 0 radical (unpaired) electrons. The van der Waals surface area contributed by atoms with Crippen LogP contribution >= 0.6 is 0 Å². The zero-order chi connectivity index (χ0) is 16.1. The Balaban J connectivity index is 2.24. The zero-order valence-electron chi connectivity index (χ0n) is 13.2. The van der Waals surface area contributed by atoms with Gasteiger partial charge in [-0.05, 0) is 32.8 Å². The highest BCUT2D eigenvalue weighted by molar-refractivity contribution is 5.87. The van der Waals surface area contributed by atoms with Crippen molar-refractivity contribution in [2.75, 3.05) is 13.1 Å². The number of piperidine rings is 1. The summed E-state index contributed by atoms with van der Waals surface area (Å²) >= 11 is 0. The Kier molecular flexibility index (Phi) is 5.14. The van der Waals surface area contributed by atoms with Crippen LogP contribution in [0.2, 0.25) is 0 Å². The molecule has 118 valence electrons. The molecule has 1 aliphatic rings. The third-order valence-corrected chi connectivity index (χ3v) is 3.53. The number of aliphatic imine (C=N–C) groups is 1. The van der Waals surface area contributed by atoms with E-state index in [0.29, 0.717) is 17.7 Å². The molecule has 2 heterocycles. The first-order valence-electron chi connectivity index (χ1n) is 7.43. The van der Waals surface area contributed by atoms with Crippen molar-refractivity contribution in [3.8, 4) is 0 Å². The molecule has 0 aliphatic carbocycles. The molecule has 1 aromatic heterocycles. The molecule has 1 aliphatic heterocycles. The van der Waals surface area contributed by atoms with E-state index in [1.165, 1.54) is 6.08 Å². The summed E-state index contributed by atoms with van der Waals surface area (Å²) in [5.74, 6) is 0.671. The van der Waals surface area contributed by atoms with Gasteiger partial charge in [0.25, 0.3) is 0 Å². The minimum atomic E-state index is -0.0270. The molecular formula is C16H23N5O. The van der Waals surface area contributed by atoms with Crippen molar-refractivity contribution in [1.29, 1.82) is 0 Å². The lowest BCUT2D eigenvalue weighted by molar-refractivity contribution is -0.127. The second kappa shape index (κ2) is 7.06. The van der Waals surface area contributed by atoms with Crippen LogP contribution in [0.1, 0.15) is 26.7 Å². The standard InChI is InChI=1S/C16H23N5O/c1-5-14(22)21-8-6-7-13(9-21)20-16(19-11(2)3)15-12(4)17-10-18-15/h5,10,13,20H,1,4,6-9H2,2-3H3,(H,17,18)/b16-15-/t13-/m0/s1. The van der Waals surface area contributed by atoms with E-state index in [2.05, 4.69) is 33.4 Å². The molecule has 0 aromatic carbocycles. The van der Waals surface area contributed by atoms with Gasteiger partial charge in [0.15, 0.2) is 5.82 Å². The minimum absolute atomic E-state index is 0.0270. The van der Waals surface area contributed by atoms with Crippen LogP contribution in [0, 0.1) is 0 Å². The number of rotatable bonds is 4. The minimum Gasteiger partial charge on any atom is -0.364 e. The molecule has 0 bridgehead atoms. The Bertz CT molecular complexity index is 684. The maximum absolute atomic E-state index is 11.8. The van der Waals surface area contributed by atoms with Gasteiger partial charge in [0.1, 0.15) is 5.35 Å². The molecule has 2 N–H and O–H groups in total. The molecular weight excluding hydrogens is 278 g/mol. The number of nitrogens with one attached hydrogen (secondary N) is 2. The molecule has 1 aromatic rings. The fraction of sp³-hybridized carbons (Fsp3) is 0.438. The monoisotopic (exact) mass is 301 g/mol. The summed E-state index contributed by atoms with van der Waals surface area (Å²) in [6, 6.07) is 0.145. The van der Waals surface area contributed by atoms with Crippen LogP contribution < -0.4 is 16.0 Å². The summed E-state index contributed by atoms with van der Waals surface area (Å²) in [4.78, 5) is 25.4. The van der Waals surface area contributed by atoms with Gasteiger partial charge in [-0.25, -0.2) is 9.98 Å². The Hall–Kier alpha value is -2.37. The summed E-state index contributed by atoms with van der Waals surface area (Å²) in [6.45, 7) is 12.8. The molecule has 6 heteroatoms. The fourth-order valence-electron chi connectivity index (χ4n) is 2.52. The molecule has 2 rings (SSSR count). The van der Waals surface area contributed by atoms with Crippen molar-refractivity contribution in [3.63, 3.8) is 0 Å². The smallest absolute Gasteiger partial charge is 0.246 e. The maximum Gasteiger partial charge on any atom is 0.246 e. The van der Waals surface area contributed by atoms with Crippen molar-refractivity contribution in [2.24, 2.45) is 4.99 Å². The Morgan fingerprint density at radius 2 is 2.36 bits per heavy atom. The number of nitrogens with zero attached hydrogens (tertiary/aromatic N) is 3. The maximum atomic E-state index is 11.8. The zero-order valence-corrected chi connectivity index (χ0v) is 13.2. The van der Waals surface area contributed by atoms with E-state index in [1.807, 2.05) is 18.7 Å². The van der Waals surface area contributed by atoms with Gasteiger partial charge in [0.05, 0.1) is 11.7 Å². The molecule has 6 nitrogen and oxygen atoms in total. The molecule has 0 unspecified atom stereocenters. The van der Waals surface area contributed by atoms with Gasteiger partial charge in [0, 0.05) is 24.8 Å². The molecule has 0 saturated carbocycles. The van der Waals surface area contributed by atoms with Crippen molar-refractivity contribution < 1.29 is 4.79 Å². The fourth-order valence-corrected chi connectivity index (χ4v) is 2.52. The number of likely N-dealkylation sites (tertiary alicyclic amines) is 1. The second-order valence-corrected chi connectivity index (χ2v) is 5.61. The Morgan fingerprint density at radius 1 is 1.59 bits per heavy atom. The van der Waals surface area contributed by atoms with Gasteiger partial charge in [0.2, 0.25) is 5.91 Å². The van der Waals surface area contributed by atoms with E-state index in [4.69, 9.17) is 0 Å². The van der Waals surface area contributed by atoms with E-state index in [1.54, 1.807) is 6.33 Å². The topological polar surface area (TPSA) is 73.4 Å². The second-order valence-electron chi connectivity index (χ2n) is 5.61. The van der Waals surface area contributed by atoms with Crippen LogP contribution in [0.4, 0.5) is 0 Å². The van der Waals surface area contributed by atoms with Crippen molar-refractivity contribution in [2.45, 2.75) is 32.7 Å². The van der Waals surface area contributed by atoms with Crippen LogP contribution in [-0.4, -0.2) is 45.6 Å². The lowest BCUT2D eigenvalue weighted by Gasteiger charge is -2.33. The Labute approximate surface area is 130 Å². The average molecular weight is 301 g/mol. The number of carbonyl (C=O) groups is 1. The van der Waals surface area contributed by atoms with E-state index in [9.17, 15) is 4.79 Å². The normalized spacial score (nSPS) is 19.4. The van der Waals surface area contributed by atoms with Crippen LogP contribution in [0.15, 0.2) is 24.0 Å². The third-order valence-electron chi connectivity index (χ3n) is 3.53. The van der Waals surface area contributed by atoms with E-state index in [-0.39, 0.29) is 11.9 Å². The summed E-state index contributed by atoms with van der Waals surface area (Å²) in [5, 5.41) is 4.86. The van der Waals surface area contributed by atoms with E-state index >= 15 is 0 Å². The third kappa shape index (κ3) is 3.84. The molecule has 22 heavy (non-hydrogen) atoms. The first kappa shape index (κ1) is 16.0. The number of hydrogen-bond acceptors (Lipinski definition) is 4. The summed E-state index contributed by atoms with van der Waals surface area (Å²) in [7, 11) is 0. The Morgan fingerprint density at radius 3 is 2.95 bits per heavy atom. The molecule has 1 fully saturated rings.